The summed E-state index contributed by atoms with van der Waals surface area (Å²) in [5.41, 5.74) is 0.588. The highest BCUT2D eigenvalue weighted by atomic mass is 35.5. The summed E-state index contributed by atoms with van der Waals surface area (Å²) in [6.07, 6.45) is 2.27. The molecular weight excluding hydrogens is 459 g/mol. The van der Waals surface area contributed by atoms with E-state index in [1.807, 2.05) is 13.8 Å². The third-order valence-electron chi connectivity index (χ3n) is 4.78. The molecule has 2 aromatic carbocycles. The maximum Gasteiger partial charge on any atom is 0.261 e. The zero-order valence-electron chi connectivity index (χ0n) is 17.7. The monoisotopic (exact) mass is 484 g/mol. The molecule has 5 nitrogen and oxygen atoms in total. The zero-order chi connectivity index (χ0) is 22.8. The molecule has 1 atom stereocenters. The Hall–Kier alpha value is -1.95. The maximum atomic E-state index is 13.2. The molecule has 0 spiro atoms. The lowest BCUT2D eigenvalue weighted by Crippen LogP contribution is -2.50. The number of amides is 2. The van der Waals surface area contributed by atoms with Crippen LogP contribution in [0.15, 0.2) is 42.5 Å². The third-order valence-corrected chi connectivity index (χ3v) is 5.74. The van der Waals surface area contributed by atoms with Gasteiger partial charge in [0.2, 0.25) is 5.91 Å². The molecule has 0 unspecified atom stereocenters. The molecular formula is C23H27Cl3N2O3. The summed E-state index contributed by atoms with van der Waals surface area (Å²) in [6, 6.07) is 11.2. The van der Waals surface area contributed by atoms with Crippen LogP contribution in [0.4, 0.5) is 0 Å². The van der Waals surface area contributed by atoms with Crippen molar-refractivity contribution >= 4 is 46.6 Å². The summed E-state index contributed by atoms with van der Waals surface area (Å²) < 4.78 is 5.63. The highest BCUT2D eigenvalue weighted by Gasteiger charge is 2.29. The minimum atomic E-state index is -0.675. The molecule has 0 saturated heterocycles. The Morgan fingerprint density at radius 3 is 2.26 bits per heavy atom. The topological polar surface area (TPSA) is 58.6 Å². The van der Waals surface area contributed by atoms with Crippen LogP contribution in [0.2, 0.25) is 15.1 Å². The van der Waals surface area contributed by atoms with Gasteiger partial charge in [0.1, 0.15) is 11.8 Å². The van der Waals surface area contributed by atoms with E-state index in [0.717, 1.165) is 12.8 Å². The van der Waals surface area contributed by atoms with Gasteiger partial charge in [-0.15, -0.1) is 0 Å². The Kier molecular flexibility index (Phi) is 10.4. The number of hydrogen-bond acceptors (Lipinski definition) is 3. The first kappa shape index (κ1) is 25.3. The summed E-state index contributed by atoms with van der Waals surface area (Å²) in [5.74, 6) is -0.0451. The molecule has 0 bridgehead atoms. The first-order chi connectivity index (χ1) is 14.9. The van der Waals surface area contributed by atoms with Crippen molar-refractivity contribution in [3.8, 4) is 5.75 Å². The molecule has 2 aromatic rings. The minimum absolute atomic E-state index is 0.0982. The van der Waals surface area contributed by atoms with Crippen LogP contribution in [0.3, 0.4) is 0 Å². The molecule has 1 N–H and O–H groups in total. The highest BCUT2D eigenvalue weighted by molar-refractivity contribution is 6.36. The van der Waals surface area contributed by atoms with E-state index in [9.17, 15) is 9.59 Å². The van der Waals surface area contributed by atoms with Gasteiger partial charge < -0.3 is 15.0 Å². The number of nitrogens with zero attached hydrogens (tertiary/aromatic N) is 1. The van der Waals surface area contributed by atoms with Gasteiger partial charge in [-0.05, 0) is 49.2 Å². The zero-order valence-corrected chi connectivity index (χ0v) is 19.9. The van der Waals surface area contributed by atoms with Crippen molar-refractivity contribution in [2.45, 2.75) is 45.7 Å². The maximum absolute atomic E-state index is 13.2. The van der Waals surface area contributed by atoms with Crippen LogP contribution in [0.1, 0.15) is 38.7 Å². The summed E-state index contributed by atoms with van der Waals surface area (Å²) in [7, 11) is 0. The number of halogens is 3. The summed E-state index contributed by atoms with van der Waals surface area (Å²) >= 11 is 18.6. The largest absolute Gasteiger partial charge is 0.484 e. The summed E-state index contributed by atoms with van der Waals surface area (Å²) in [5, 5.41) is 4.35. The molecule has 168 valence electrons. The number of hydrogen-bond donors (Lipinski definition) is 1. The Morgan fingerprint density at radius 2 is 1.68 bits per heavy atom. The van der Waals surface area contributed by atoms with Crippen LogP contribution >= 0.6 is 34.8 Å². The van der Waals surface area contributed by atoms with Gasteiger partial charge in [-0.3, -0.25) is 9.59 Å². The van der Waals surface area contributed by atoms with Crippen LogP contribution in [-0.4, -0.2) is 35.9 Å². The molecule has 0 aliphatic rings. The average molecular weight is 486 g/mol. The Bertz CT molecular complexity index is 855. The fraction of sp³-hybridized carbons (Fsp3) is 0.391. The normalized spacial score (nSPS) is 11.6. The predicted molar refractivity (Wildman–Crippen MR) is 126 cm³/mol. The van der Waals surface area contributed by atoms with Crippen molar-refractivity contribution in [1.29, 1.82) is 0 Å². The quantitative estimate of drug-likeness (QED) is 0.412. The van der Waals surface area contributed by atoms with Crippen molar-refractivity contribution < 1.29 is 14.3 Å². The fourth-order valence-corrected chi connectivity index (χ4v) is 3.68. The number of nitrogens with one attached hydrogen (secondary N) is 1. The minimum Gasteiger partial charge on any atom is -0.484 e. The van der Waals surface area contributed by atoms with E-state index < -0.39 is 6.04 Å². The van der Waals surface area contributed by atoms with Gasteiger partial charge >= 0.3 is 0 Å². The Balaban J connectivity index is 2.23. The van der Waals surface area contributed by atoms with Gasteiger partial charge in [0.15, 0.2) is 6.61 Å². The van der Waals surface area contributed by atoms with Crippen molar-refractivity contribution in [2.24, 2.45) is 0 Å². The first-order valence-electron chi connectivity index (χ1n) is 10.3. The predicted octanol–water partition coefficient (Wildman–Crippen LogP) is 5.75. The molecule has 0 fully saturated rings. The number of unbranched alkanes of at least 4 members (excludes halogenated alkanes) is 1. The highest BCUT2D eigenvalue weighted by Crippen LogP contribution is 2.27. The van der Waals surface area contributed by atoms with E-state index in [0.29, 0.717) is 39.3 Å². The van der Waals surface area contributed by atoms with Gasteiger partial charge in [0.25, 0.3) is 5.91 Å². The molecule has 0 aromatic heterocycles. The second-order valence-corrected chi connectivity index (χ2v) is 8.28. The van der Waals surface area contributed by atoms with Gasteiger partial charge in [0, 0.05) is 33.7 Å². The number of carbonyl (C=O) groups excluding carboxylic acids is 2. The SMILES string of the molecule is CCCCNC(=O)[C@H](CC)N(Cc1c(Cl)cccc1Cl)C(=O)COc1ccc(Cl)cc1. The lowest BCUT2D eigenvalue weighted by Gasteiger charge is -2.31. The molecule has 0 saturated carbocycles. The van der Waals surface area contributed by atoms with Crippen molar-refractivity contribution in [3.63, 3.8) is 0 Å². The van der Waals surface area contributed by atoms with Crippen molar-refractivity contribution in [3.05, 3.63) is 63.1 Å². The van der Waals surface area contributed by atoms with Crippen LogP contribution in [-0.2, 0) is 16.1 Å². The second kappa shape index (κ2) is 12.8. The number of rotatable bonds is 11. The average Bonchev–Trinajstić information content (AvgIpc) is 2.75. The number of carbonyl (C=O) groups is 2. The van der Waals surface area contributed by atoms with Gasteiger partial charge in [-0.2, -0.15) is 0 Å². The molecule has 2 rings (SSSR count). The van der Waals surface area contributed by atoms with Gasteiger partial charge in [-0.25, -0.2) is 0 Å². The smallest absolute Gasteiger partial charge is 0.261 e. The standard InChI is InChI=1S/C23H27Cl3N2O3/c1-3-5-13-27-23(30)21(4-2)28(14-18-19(25)7-6-8-20(18)26)22(29)15-31-17-11-9-16(24)10-12-17/h6-12,21H,3-5,13-15H2,1-2H3,(H,27,30)/t21-/m0/s1. The third kappa shape index (κ3) is 7.60. The summed E-state index contributed by atoms with van der Waals surface area (Å²) in [6.45, 7) is 4.33. The number of benzene rings is 2. The molecule has 31 heavy (non-hydrogen) atoms. The second-order valence-electron chi connectivity index (χ2n) is 7.03. The van der Waals surface area contributed by atoms with E-state index in [4.69, 9.17) is 39.5 Å². The van der Waals surface area contributed by atoms with Crippen LogP contribution in [0, 0.1) is 0 Å². The molecule has 0 aliphatic heterocycles. The van der Waals surface area contributed by atoms with Gasteiger partial charge in [0.05, 0.1) is 0 Å². The van der Waals surface area contributed by atoms with Crippen molar-refractivity contribution in [1.82, 2.24) is 10.2 Å². The molecule has 8 heteroatoms. The van der Waals surface area contributed by atoms with E-state index in [1.165, 1.54) is 4.90 Å². The molecule has 0 heterocycles. The van der Waals surface area contributed by atoms with E-state index in [2.05, 4.69) is 5.32 Å². The lowest BCUT2D eigenvalue weighted by atomic mass is 10.1. The molecule has 2 amide bonds. The van der Waals surface area contributed by atoms with Crippen LogP contribution in [0.25, 0.3) is 0 Å². The Morgan fingerprint density at radius 1 is 1.03 bits per heavy atom. The first-order valence-corrected chi connectivity index (χ1v) is 11.4. The fourth-order valence-electron chi connectivity index (χ4n) is 3.04. The molecule has 0 radical (unpaired) electrons. The van der Waals surface area contributed by atoms with E-state index >= 15 is 0 Å². The van der Waals surface area contributed by atoms with E-state index in [-0.39, 0.29) is 25.0 Å². The van der Waals surface area contributed by atoms with Crippen LogP contribution < -0.4 is 10.1 Å². The number of ether oxygens (including phenoxy) is 1. The Labute approximate surface area is 198 Å². The molecule has 0 aliphatic carbocycles. The van der Waals surface area contributed by atoms with Crippen molar-refractivity contribution in [2.75, 3.05) is 13.2 Å². The lowest BCUT2D eigenvalue weighted by molar-refractivity contribution is -0.143. The van der Waals surface area contributed by atoms with E-state index in [1.54, 1.807) is 42.5 Å². The van der Waals surface area contributed by atoms with Crippen LogP contribution in [0.5, 0.6) is 5.75 Å². The summed E-state index contributed by atoms with van der Waals surface area (Å²) in [4.78, 5) is 27.5. The van der Waals surface area contributed by atoms with Gasteiger partial charge in [-0.1, -0.05) is 61.1 Å².